The zero-order valence-corrected chi connectivity index (χ0v) is 17.6. The van der Waals surface area contributed by atoms with Crippen molar-refractivity contribution in [2.45, 2.75) is 39.7 Å². The van der Waals surface area contributed by atoms with Crippen molar-refractivity contribution >= 4 is 43.6 Å². The number of aromatic nitrogens is 3. The summed E-state index contributed by atoms with van der Waals surface area (Å²) in [5.41, 5.74) is 2.22. The lowest BCUT2D eigenvalue weighted by molar-refractivity contribution is 0.102. The summed E-state index contributed by atoms with van der Waals surface area (Å²) in [5.74, 6) is -0.322. The van der Waals surface area contributed by atoms with Gasteiger partial charge in [-0.3, -0.25) is 19.7 Å². The van der Waals surface area contributed by atoms with E-state index >= 15 is 0 Å². The number of H-pyrrole nitrogens is 1. The third-order valence-corrected chi connectivity index (χ3v) is 5.98. The van der Waals surface area contributed by atoms with Gasteiger partial charge in [0, 0.05) is 12.1 Å². The van der Waals surface area contributed by atoms with Crippen molar-refractivity contribution in [2.75, 3.05) is 5.32 Å². The second-order valence-corrected chi connectivity index (χ2v) is 8.14. The van der Waals surface area contributed by atoms with E-state index in [0.717, 1.165) is 29.5 Å². The molecule has 4 rings (SSSR count). The summed E-state index contributed by atoms with van der Waals surface area (Å²) in [7, 11) is 0. The van der Waals surface area contributed by atoms with E-state index < -0.39 is 11.1 Å². The number of nitrogens with zero attached hydrogens (tertiary/aromatic N) is 2. The van der Waals surface area contributed by atoms with Crippen molar-refractivity contribution in [2.24, 2.45) is 0 Å². The van der Waals surface area contributed by atoms with E-state index in [0.29, 0.717) is 28.3 Å². The van der Waals surface area contributed by atoms with Gasteiger partial charge >= 0.3 is 11.1 Å². The van der Waals surface area contributed by atoms with Crippen LogP contribution in [0.25, 0.3) is 21.3 Å². The first-order valence-corrected chi connectivity index (χ1v) is 10.8. The van der Waals surface area contributed by atoms with Gasteiger partial charge in [0.15, 0.2) is 5.13 Å². The molecule has 2 aromatic heterocycles. The molecule has 4 aromatic rings. The molecule has 0 aliphatic rings. The number of thiazole rings is 1. The van der Waals surface area contributed by atoms with Crippen LogP contribution in [0.2, 0.25) is 0 Å². The SMILES string of the molecule is CCCCc1ccc2nc(NC(=O)c3ccc4c(c3)[nH]c(=O)c(=O)n4CC)sc2c1. The van der Waals surface area contributed by atoms with E-state index in [1.807, 2.05) is 6.07 Å². The molecule has 0 aliphatic carbocycles. The molecule has 0 radical (unpaired) electrons. The van der Waals surface area contributed by atoms with Crippen LogP contribution in [0.5, 0.6) is 0 Å². The first kappa shape index (κ1) is 20.0. The van der Waals surface area contributed by atoms with Gasteiger partial charge in [0.2, 0.25) is 0 Å². The fraction of sp³-hybridized carbons (Fsp3) is 0.273. The molecule has 2 N–H and O–H groups in total. The smallest absolute Gasteiger partial charge is 0.316 e. The zero-order valence-electron chi connectivity index (χ0n) is 16.8. The van der Waals surface area contributed by atoms with Crippen LogP contribution in [0.3, 0.4) is 0 Å². The van der Waals surface area contributed by atoms with Gasteiger partial charge < -0.3 is 9.55 Å². The largest absolute Gasteiger partial charge is 0.316 e. The van der Waals surface area contributed by atoms with Gasteiger partial charge in [0.1, 0.15) is 0 Å². The fourth-order valence-corrected chi connectivity index (χ4v) is 4.39. The van der Waals surface area contributed by atoms with E-state index in [2.05, 4.69) is 34.3 Å². The molecule has 154 valence electrons. The van der Waals surface area contributed by atoms with Gasteiger partial charge in [-0.05, 0) is 55.7 Å². The van der Waals surface area contributed by atoms with Gasteiger partial charge in [-0.2, -0.15) is 0 Å². The number of carbonyl (C=O) groups is 1. The average Bonchev–Trinajstić information content (AvgIpc) is 3.14. The number of hydrogen-bond donors (Lipinski definition) is 2. The lowest BCUT2D eigenvalue weighted by Gasteiger charge is -2.08. The van der Waals surface area contributed by atoms with E-state index in [9.17, 15) is 14.4 Å². The standard InChI is InChI=1S/C22H22N4O3S/c1-3-5-6-13-7-9-15-18(11-13)30-22(24-15)25-19(27)14-8-10-17-16(12-14)23-20(28)21(29)26(17)4-2/h7-12H,3-6H2,1-2H3,(H,23,28)(H,24,25,27). The number of aromatic amines is 1. The number of carbonyl (C=O) groups excluding carboxylic acids is 1. The molecule has 0 aliphatic heterocycles. The van der Waals surface area contributed by atoms with E-state index in [1.54, 1.807) is 25.1 Å². The molecular formula is C22H22N4O3S. The number of amides is 1. The van der Waals surface area contributed by atoms with Crippen molar-refractivity contribution in [3.8, 4) is 0 Å². The highest BCUT2D eigenvalue weighted by molar-refractivity contribution is 7.22. The summed E-state index contributed by atoms with van der Waals surface area (Å²) in [6, 6.07) is 11.1. The molecule has 0 saturated heterocycles. The van der Waals surface area contributed by atoms with Gasteiger partial charge in [-0.25, -0.2) is 4.98 Å². The van der Waals surface area contributed by atoms with E-state index in [1.165, 1.54) is 21.5 Å². The van der Waals surface area contributed by atoms with Gasteiger partial charge in [0.05, 0.1) is 21.3 Å². The van der Waals surface area contributed by atoms with Crippen molar-refractivity contribution in [1.29, 1.82) is 0 Å². The third-order valence-electron chi connectivity index (χ3n) is 5.05. The number of fused-ring (bicyclic) bond motifs is 2. The van der Waals surface area contributed by atoms with E-state index in [4.69, 9.17) is 0 Å². The second-order valence-electron chi connectivity index (χ2n) is 7.11. The number of aryl methyl sites for hydroxylation is 2. The maximum absolute atomic E-state index is 12.7. The third kappa shape index (κ3) is 3.78. The minimum absolute atomic E-state index is 0.322. The van der Waals surface area contributed by atoms with Crippen LogP contribution in [0.4, 0.5) is 5.13 Å². The Morgan fingerprint density at radius 1 is 1.17 bits per heavy atom. The molecular weight excluding hydrogens is 400 g/mol. The highest BCUT2D eigenvalue weighted by Gasteiger charge is 2.13. The molecule has 0 bridgehead atoms. The lowest BCUT2D eigenvalue weighted by Crippen LogP contribution is -2.36. The van der Waals surface area contributed by atoms with Crippen LogP contribution in [-0.2, 0) is 13.0 Å². The first-order valence-electron chi connectivity index (χ1n) is 9.98. The quantitative estimate of drug-likeness (QED) is 0.460. The number of anilines is 1. The van der Waals surface area contributed by atoms with Gasteiger partial charge in [-0.1, -0.05) is 30.7 Å². The summed E-state index contributed by atoms with van der Waals surface area (Å²) in [6.45, 7) is 4.33. The molecule has 0 unspecified atom stereocenters. The number of rotatable bonds is 6. The monoisotopic (exact) mass is 422 g/mol. The van der Waals surface area contributed by atoms with Crippen molar-refractivity contribution in [1.82, 2.24) is 14.5 Å². The molecule has 1 amide bonds. The van der Waals surface area contributed by atoms with Gasteiger partial charge in [-0.15, -0.1) is 0 Å². The van der Waals surface area contributed by atoms with Crippen LogP contribution in [0.15, 0.2) is 46.0 Å². The summed E-state index contributed by atoms with van der Waals surface area (Å²) in [5, 5.41) is 3.36. The molecule has 8 heteroatoms. The normalized spacial score (nSPS) is 11.3. The molecule has 0 spiro atoms. The Balaban J connectivity index is 1.62. The Bertz CT molecular complexity index is 1370. The van der Waals surface area contributed by atoms with Crippen LogP contribution in [-0.4, -0.2) is 20.4 Å². The highest BCUT2D eigenvalue weighted by atomic mass is 32.1. The summed E-state index contributed by atoms with van der Waals surface area (Å²) < 4.78 is 2.42. The predicted molar refractivity (Wildman–Crippen MR) is 121 cm³/mol. The Kier molecular flexibility index (Phi) is 5.50. The topological polar surface area (TPSA) is 96.8 Å². The van der Waals surface area contributed by atoms with Crippen LogP contribution >= 0.6 is 11.3 Å². The Labute approximate surface area is 176 Å². The van der Waals surface area contributed by atoms with E-state index in [-0.39, 0.29) is 5.91 Å². The fourth-order valence-electron chi connectivity index (χ4n) is 3.46. The molecule has 0 atom stereocenters. The number of hydrogen-bond acceptors (Lipinski definition) is 5. The zero-order chi connectivity index (χ0) is 21.3. The number of unbranched alkanes of at least 4 members (excludes halogenated alkanes) is 1. The molecule has 7 nitrogen and oxygen atoms in total. The van der Waals surface area contributed by atoms with Crippen molar-refractivity contribution in [3.63, 3.8) is 0 Å². The number of nitrogens with one attached hydrogen (secondary N) is 2. The summed E-state index contributed by atoms with van der Waals surface area (Å²) in [4.78, 5) is 43.7. The molecule has 0 fully saturated rings. The minimum atomic E-state index is -0.702. The maximum atomic E-state index is 12.7. The van der Waals surface area contributed by atoms with Crippen LogP contribution in [0.1, 0.15) is 42.6 Å². The minimum Gasteiger partial charge on any atom is -0.316 e. The summed E-state index contributed by atoms with van der Waals surface area (Å²) >= 11 is 1.44. The predicted octanol–water partition coefficient (Wildman–Crippen LogP) is 3.91. The number of benzene rings is 2. The van der Waals surface area contributed by atoms with Gasteiger partial charge in [0.25, 0.3) is 5.91 Å². The molecule has 2 aromatic carbocycles. The Morgan fingerprint density at radius 2 is 2.00 bits per heavy atom. The highest BCUT2D eigenvalue weighted by Crippen LogP contribution is 2.28. The van der Waals surface area contributed by atoms with Crippen molar-refractivity contribution < 1.29 is 4.79 Å². The van der Waals surface area contributed by atoms with Crippen molar-refractivity contribution in [3.05, 3.63) is 68.2 Å². The first-order chi connectivity index (χ1) is 14.5. The molecule has 30 heavy (non-hydrogen) atoms. The Morgan fingerprint density at radius 3 is 2.77 bits per heavy atom. The second kappa shape index (κ2) is 8.23. The Hall–Kier alpha value is -3.26. The van der Waals surface area contributed by atoms with Crippen LogP contribution in [0, 0.1) is 0 Å². The van der Waals surface area contributed by atoms with Crippen LogP contribution < -0.4 is 16.4 Å². The molecule has 2 heterocycles. The molecule has 0 saturated carbocycles. The average molecular weight is 423 g/mol. The maximum Gasteiger partial charge on any atom is 0.316 e. The lowest BCUT2D eigenvalue weighted by atomic mass is 10.1. The summed E-state index contributed by atoms with van der Waals surface area (Å²) in [6.07, 6.45) is 3.32.